The Kier molecular flexibility index (Phi) is 4.50. The standard InChI is InChI=1S/C8H11ClN2O2S/c9-7-4-2-1-3-6(7)8(12)5-11-14(10)13/h1-4,8,11-12H,5,10H2. The maximum absolute atomic E-state index is 10.5. The van der Waals surface area contributed by atoms with Crippen molar-refractivity contribution in [2.45, 2.75) is 6.10 Å². The third-order valence-corrected chi connectivity index (χ3v) is 2.48. The third-order valence-electron chi connectivity index (χ3n) is 1.68. The summed E-state index contributed by atoms with van der Waals surface area (Å²) in [5, 5.41) is 15.1. The van der Waals surface area contributed by atoms with Gasteiger partial charge < -0.3 is 5.11 Å². The lowest BCUT2D eigenvalue weighted by molar-refractivity contribution is 0.182. The van der Waals surface area contributed by atoms with Crippen LogP contribution in [0.3, 0.4) is 0 Å². The zero-order chi connectivity index (χ0) is 10.6. The van der Waals surface area contributed by atoms with E-state index in [4.69, 9.17) is 16.7 Å². The van der Waals surface area contributed by atoms with Gasteiger partial charge in [-0.05, 0) is 6.07 Å². The second kappa shape index (κ2) is 5.43. The molecule has 1 aromatic carbocycles. The number of hydrogen-bond acceptors (Lipinski definition) is 2. The zero-order valence-corrected chi connectivity index (χ0v) is 8.89. The number of rotatable bonds is 4. The summed E-state index contributed by atoms with van der Waals surface area (Å²) in [7, 11) is 0. The van der Waals surface area contributed by atoms with Crippen LogP contribution in [0.25, 0.3) is 0 Å². The fourth-order valence-corrected chi connectivity index (χ4v) is 1.60. The fraction of sp³-hybridized carbons (Fsp3) is 0.250. The molecule has 0 bridgehead atoms. The molecule has 1 aromatic rings. The lowest BCUT2D eigenvalue weighted by Crippen LogP contribution is -2.28. The fourth-order valence-electron chi connectivity index (χ4n) is 1.02. The van der Waals surface area contributed by atoms with Gasteiger partial charge in [-0.2, -0.15) is 0 Å². The van der Waals surface area contributed by atoms with Crippen LogP contribution in [0, 0.1) is 0 Å². The van der Waals surface area contributed by atoms with E-state index < -0.39 is 17.3 Å². The van der Waals surface area contributed by atoms with Gasteiger partial charge in [0.2, 0.25) is 0 Å². The Hall–Kier alpha value is -0.460. The molecule has 0 saturated carbocycles. The van der Waals surface area contributed by atoms with E-state index in [9.17, 15) is 9.32 Å². The average molecular weight is 235 g/mol. The maximum Gasteiger partial charge on any atom is 0.164 e. The first kappa shape index (κ1) is 11.6. The summed E-state index contributed by atoms with van der Waals surface area (Å²) >= 11 is 4.22. The number of nitrogens with one attached hydrogen (secondary N) is 1. The average Bonchev–Trinajstić information content (AvgIpc) is 2.15. The Morgan fingerprint density at radius 3 is 2.79 bits per heavy atom. The molecule has 0 amide bonds. The van der Waals surface area contributed by atoms with Gasteiger partial charge in [0.15, 0.2) is 11.2 Å². The lowest BCUT2D eigenvalue weighted by atomic mass is 10.1. The third kappa shape index (κ3) is 3.36. The highest BCUT2D eigenvalue weighted by atomic mass is 35.5. The molecule has 2 unspecified atom stereocenters. The molecule has 0 aliphatic carbocycles. The van der Waals surface area contributed by atoms with Crippen LogP contribution >= 0.6 is 11.6 Å². The molecule has 0 aliphatic rings. The van der Waals surface area contributed by atoms with E-state index >= 15 is 0 Å². The number of halogens is 1. The number of benzene rings is 1. The van der Waals surface area contributed by atoms with Gasteiger partial charge in [-0.25, -0.2) is 14.1 Å². The summed E-state index contributed by atoms with van der Waals surface area (Å²) in [6.45, 7) is 0.104. The molecule has 1 rings (SSSR count). The lowest BCUT2D eigenvalue weighted by Gasteiger charge is -2.11. The Bertz CT molecular complexity index is 335. The Morgan fingerprint density at radius 2 is 2.21 bits per heavy atom. The van der Waals surface area contributed by atoms with Crippen LogP contribution in [0.1, 0.15) is 11.7 Å². The molecule has 4 nitrogen and oxygen atoms in total. The molecule has 0 spiro atoms. The molecule has 0 fully saturated rings. The first-order valence-corrected chi connectivity index (χ1v) is 5.52. The van der Waals surface area contributed by atoms with Gasteiger partial charge in [0.1, 0.15) is 0 Å². The quantitative estimate of drug-likeness (QED) is 0.710. The van der Waals surface area contributed by atoms with E-state index in [-0.39, 0.29) is 6.54 Å². The SMILES string of the molecule is NS(=O)NCC(O)c1ccccc1Cl. The van der Waals surface area contributed by atoms with E-state index in [0.717, 1.165) is 0 Å². The van der Waals surface area contributed by atoms with Crippen LogP contribution in [0.5, 0.6) is 0 Å². The molecule has 78 valence electrons. The van der Waals surface area contributed by atoms with Crippen LogP contribution in [0.2, 0.25) is 5.02 Å². The first-order chi connectivity index (χ1) is 6.61. The minimum Gasteiger partial charge on any atom is -0.387 e. The van der Waals surface area contributed by atoms with Crippen molar-refractivity contribution in [3.63, 3.8) is 0 Å². The largest absolute Gasteiger partial charge is 0.387 e. The highest BCUT2D eigenvalue weighted by molar-refractivity contribution is 7.80. The molecular weight excluding hydrogens is 224 g/mol. The van der Waals surface area contributed by atoms with Crippen molar-refractivity contribution in [3.8, 4) is 0 Å². The predicted octanol–water partition coefficient (Wildman–Crippen LogP) is 0.500. The maximum atomic E-state index is 10.5. The molecular formula is C8H11ClN2O2S. The van der Waals surface area contributed by atoms with E-state index in [2.05, 4.69) is 4.72 Å². The van der Waals surface area contributed by atoms with Crippen LogP contribution in [0.15, 0.2) is 24.3 Å². The Morgan fingerprint density at radius 1 is 1.57 bits per heavy atom. The Balaban J connectivity index is 2.65. The molecule has 4 N–H and O–H groups in total. The first-order valence-electron chi connectivity index (χ1n) is 3.93. The van der Waals surface area contributed by atoms with Crippen LogP contribution in [0.4, 0.5) is 0 Å². The van der Waals surface area contributed by atoms with E-state index in [1.165, 1.54) is 0 Å². The summed E-state index contributed by atoms with van der Waals surface area (Å²) < 4.78 is 12.9. The van der Waals surface area contributed by atoms with Crippen molar-refractivity contribution in [1.29, 1.82) is 0 Å². The normalized spacial score (nSPS) is 15.1. The van der Waals surface area contributed by atoms with Crippen molar-refractivity contribution in [2.75, 3.05) is 6.54 Å². The minimum atomic E-state index is -1.62. The summed E-state index contributed by atoms with van der Waals surface area (Å²) in [6.07, 6.45) is -0.809. The van der Waals surface area contributed by atoms with Crippen LogP contribution in [-0.2, 0) is 11.2 Å². The molecule has 0 aromatic heterocycles. The van der Waals surface area contributed by atoms with Gasteiger partial charge in [0, 0.05) is 17.1 Å². The highest BCUT2D eigenvalue weighted by Gasteiger charge is 2.10. The highest BCUT2D eigenvalue weighted by Crippen LogP contribution is 2.21. The monoisotopic (exact) mass is 234 g/mol. The van der Waals surface area contributed by atoms with Crippen LogP contribution in [-0.4, -0.2) is 15.9 Å². The number of nitrogens with two attached hydrogens (primary N) is 1. The number of aliphatic hydroxyl groups excluding tert-OH is 1. The minimum absolute atomic E-state index is 0.104. The summed E-state index contributed by atoms with van der Waals surface area (Å²) in [6, 6.07) is 6.92. The van der Waals surface area contributed by atoms with Gasteiger partial charge in [0.25, 0.3) is 0 Å². The van der Waals surface area contributed by atoms with Gasteiger partial charge in [-0.3, -0.25) is 0 Å². The second-order valence-electron chi connectivity index (χ2n) is 2.68. The van der Waals surface area contributed by atoms with Gasteiger partial charge in [-0.1, -0.05) is 29.8 Å². The summed E-state index contributed by atoms with van der Waals surface area (Å²) in [4.78, 5) is 0. The van der Waals surface area contributed by atoms with Gasteiger partial charge in [-0.15, -0.1) is 0 Å². The van der Waals surface area contributed by atoms with Crippen molar-refractivity contribution < 1.29 is 9.32 Å². The van der Waals surface area contributed by atoms with E-state index in [1.54, 1.807) is 24.3 Å². The molecule has 6 heteroatoms. The zero-order valence-electron chi connectivity index (χ0n) is 7.31. The summed E-state index contributed by atoms with van der Waals surface area (Å²) in [5.41, 5.74) is 0.590. The molecule has 2 atom stereocenters. The topological polar surface area (TPSA) is 75.4 Å². The van der Waals surface area contributed by atoms with Crippen LogP contribution < -0.4 is 9.86 Å². The second-order valence-corrected chi connectivity index (χ2v) is 3.97. The summed E-state index contributed by atoms with van der Waals surface area (Å²) in [5.74, 6) is 0. The molecule has 0 heterocycles. The van der Waals surface area contributed by atoms with E-state index in [0.29, 0.717) is 10.6 Å². The van der Waals surface area contributed by atoms with Crippen molar-refractivity contribution in [1.82, 2.24) is 4.72 Å². The molecule has 0 radical (unpaired) electrons. The van der Waals surface area contributed by atoms with Crippen molar-refractivity contribution >= 4 is 22.8 Å². The van der Waals surface area contributed by atoms with Gasteiger partial charge in [0.05, 0.1) is 6.10 Å². The van der Waals surface area contributed by atoms with E-state index in [1.807, 2.05) is 0 Å². The predicted molar refractivity (Wildman–Crippen MR) is 56.7 cm³/mol. The van der Waals surface area contributed by atoms with Crippen molar-refractivity contribution in [2.24, 2.45) is 5.14 Å². The molecule has 14 heavy (non-hydrogen) atoms. The van der Waals surface area contributed by atoms with Gasteiger partial charge >= 0.3 is 0 Å². The molecule has 0 aliphatic heterocycles. The molecule has 0 saturated heterocycles. The number of aliphatic hydroxyl groups is 1. The number of hydrogen-bond donors (Lipinski definition) is 3. The van der Waals surface area contributed by atoms with Crippen molar-refractivity contribution in [3.05, 3.63) is 34.9 Å². The Labute approximate surface area is 89.8 Å². The smallest absolute Gasteiger partial charge is 0.164 e.